The summed E-state index contributed by atoms with van der Waals surface area (Å²) in [4.78, 5) is 19.9. The van der Waals surface area contributed by atoms with Crippen molar-refractivity contribution in [2.45, 2.75) is 6.92 Å². The highest BCUT2D eigenvalue weighted by atomic mass is 32.2. The van der Waals surface area contributed by atoms with Gasteiger partial charge in [-0.05, 0) is 0 Å². The van der Waals surface area contributed by atoms with E-state index in [4.69, 9.17) is 0 Å². The summed E-state index contributed by atoms with van der Waals surface area (Å²) in [5.41, 5.74) is 4.62. The fourth-order valence-electron chi connectivity index (χ4n) is 0.122. The van der Waals surface area contributed by atoms with Crippen LogP contribution in [0.4, 0.5) is 4.79 Å². The summed E-state index contributed by atoms with van der Waals surface area (Å²) < 4.78 is 2.05. The van der Waals surface area contributed by atoms with E-state index in [0.717, 1.165) is 0 Å². The van der Waals surface area contributed by atoms with E-state index in [2.05, 4.69) is 10.5 Å². The number of nitrogens with one attached hydrogen (secondary N) is 1. The Hall–Kier alpha value is -0.710. The van der Waals surface area contributed by atoms with Crippen molar-refractivity contribution in [3.63, 3.8) is 0 Å². The molecule has 0 heterocycles. The number of urea groups is 1. The van der Waals surface area contributed by atoms with Gasteiger partial charge < -0.3 is 5.73 Å². The molecule has 0 bridgehead atoms. The topological polar surface area (TPSA) is 72.2 Å². The third-order valence-electron chi connectivity index (χ3n) is 0.295. The lowest BCUT2D eigenvalue weighted by molar-refractivity contribution is -0.109. The number of nitrogens with two attached hydrogens (primary N) is 1. The van der Waals surface area contributed by atoms with Gasteiger partial charge in [-0.1, -0.05) is 0 Å². The van der Waals surface area contributed by atoms with Gasteiger partial charge in [0.05, 0.1) is 0 Å². The Morgan fingerprint density at radius 1 is 1.62 bits per heavy atom. The predicted octanol–water partition coefficient (Wildman–Crippen LogP) is -0.151. The number of hydrogen-bond acceptors (Lipinski definition) is 3. The largest absolute Gasteiger partial charge is 0.351 e. The maximum absolute atomic E-state index is 10.0. The molecule has 0 aromatic rings. The highest BCUT2D eigenvalue weighted by Crippen LogP contribution is 1.90. The standard InChI is InChI=1S/C3H6N2O2S/c1-2(6)8-5-3(4)7/h1H3,(H3,4,5,7). The van der Waals surface area contributed by atoms with E-state index in [-0.39, 0.29) is 5.12 Å². The number of rotatable bonds is 0. The monoisotopic (exact) mass is 134 g/mol. The number of carbonyl (C=O) groups is 2. The Bertz CT molecular complexity index is 99.9. The molecule has 0 aliphatic carbocycles. The summed E-state index contributed by atoms with van der Waals surface area (Å²) in [5, 5.41) is -0.191. The van der Waals surface area contributed by atoms with Gasteiger partial charge in [-0.25, -0.2) is 4.79 Å². The molecule has 0 spiro atoms. The molecule has 0 fully saturated rings. The maximum atomic E-state index is 10.0. The van der Waals surface area contributed by atoms with Gasteiger partial charge in [0, 0.05) is 18.9 Å². The molecule has 4 nitrogen and oxygen atoms in total. The lowest BCUT2D eigenvalue weighted by Crippen LogP contribution is -2.23. The second kappa shape index (κ2) is 3.31. The average molecular weight is 134 g/mol. The van der Waals surface area contributed by atoms with Crippen molar-refractivity contribution in [2.75, 3.05) is 0 Å². The molecular formula is C3H6N2O2S. The Morgan fingerprint density at radius 2 is 2.12 bits per heavy atom. The van der Waals surface area contributed by atoms with Crippen LogP contribution in [0.3, 0.4) is 0 Å². The van der Waals surface area contributed by atoms with Gasteiger partial charge in [0.1, 0.15) is 0 Å². The van der Waals surface area contributed by atoms with Gasteiger partial charge >= 0.3 is 6.03 Å². The zero-order valence-electron chi connectivity index (χ0n) is 4.30. The Labute approximate surface area is 50.9 Å². The summed E-state index contributed by atoms with van der Waals surface area (Å²) in [6, 6.07) is -0.704. The summed E-state index contributed by atoms with van der Waals surface area (Å²) in [6.45, 7) is 1.33. The third-order valence-corrected chi connectivity index (χ3v) is 0.886. The first kappa shape index (κ1) is 7.29. The van der Waals surface area contributed by atoms with Gasteiger partial charge in [0.2, 0.25) is 5.12 Å². The smallest absolute Gasteiger partial charge is 0.322 e. The Morgan fingerprint density at radius 3 is 2.25 bits per heavy atom. The van der Waals surface area contributed by atoms with E-state index in [1.807, 2.05) is 0 Å². The van der Waals surface area contributed by atoms with Crippen LogP contribution in [0.1, 0.15) is 6.92 Å². The third kappa shape index (κ3) is 5.29. The molecule has 0 aliphatic heterocycles. The van der Waals surface area contributed by atoms with Crippen LogP contribution in [-0.4, -0.2) is 11.1 Å². The first-order chi connectivity index (χ1) is 3.63. The predicted molar refractivity (Wildman–Crippen MR) is 31.0 cm³/mol. The zero-order chi connectivity index (χ0) is 6.57. The molecule has 0 aromatic carbocycles. The van der Waals surface area contributed by atoms with Crippen molar-refractivity contribution in [1.29, 1.82) is 0 Å². The number of amides is 2. The first-order valence-corrected chi connectivity index (χ1v) is 2.67. The fourth-order valence-corrected chi connectivity index (χ4v) is 0.366. The van der Waals surface area contributed by atoms with E-state index < -0.39 is 6.03 Å². The van der Waals surface area contributed by atoms with Crippen LogP contribution in [0, 0.1) is 0 Å². The molecule has 0 saturated heterocycles. The van der Waals surface area contributed by atoms with Gasteiger partial charge in [-0.15, -0.1) is 0 Å². The molecule has 46 valence electrons. The van der Waals surface area contributed by atoms with Crippen LogP contribution in [0.15, 0.2) is 0 Å². The van der Waals surface area contributed by atoms with E-state index in [1.165, 1.54) is 6.92 Å². The van der Waals surface area contributed by atoms with E-state index >= 15 is 0 Å². The Kier molecular flexibility index (Phi) is 3.02. The van der Waals surface area contributed by atoms with Crippen molar-refractivity contribution < 1.29 is 9.59 Å². The van der Waals surface area contributed by atoms with Crippen LogP contribution in [0.5, 0.6) is 0 Å². The van der Waals surface area contributed by atoms with Gasteiger partial charge in [0.25, 0.3) is 0 Å². The molecule has 0 radical (unpaired) electrons. The summed E-state index contributed by atoms with van der Waals surface area (Å²) >= 11 is 0.676. The molecule has 2 amide bonds. The minimum Gasteiger partial charge on any atom is -0.351 e. The minimum absolute atomic E-state index is 0.191. The van der Waals surface area contributed by atoms with Crippen molar-refractivity contribution >= 4 is 23.1 Å². The molecule has 0 saturated carbocycles. The van der Waals surface area contributed by atoms with Crippen molar-refractivity contribution in [1.82, 2.24) is 4.72 Å². The second-order valence-corrected chi connectivity index (χ2v) is 2.04. The quantitative estimate of drug-likeness (QED) is 0.452. The summed E-state index contributed by atoms with van der Waals surface area (Å²) in [7, 11) is 0. The molecule has 8 heavy (non-hydrogen) atoms. The highest BCUT2D eigenvalue weighted by Gasteiger charge is 1.93. The summed E-state index contributed by atoms with van der Waals surface area (Å²) in [6.07, 6.45) is 0. The molecule has 0 aromatic heterocycles. The molecule has 5 heteroatoms. The SMILES string of the molecule is CC(=O)SNC(N)=O. The van der Waals surface area contributed by atoms with Crippen LogP contribution < -0.4 is 10.5 Å². The van der Waals surface area contributed by atoms with Gasteiger partial charge in [-0.2, -0.15) is 0 Å². The second-order valence-electron chi connectivity index (χ2n) is 1.06. The molecular weight excluding hydrogens is 128 g/mol. The zero-order valence-corrected chi connectivity index (χ0v) is 5.12. The Balaban J connectivity index is 3.18. The fraction of sp³-hybridized carbons (Fsp3) is 0.333. The van der Waals surface area contributed by atoms with E-state index in [9.17, 15) is 9.59 Å². The van der Waals surface area contributed by atoms with Crippen LogP contribution in [0.25, 0.3) is 0 Å². The van der Waals surface area contributed by atoms with Gasteiger partial charge in [0.15, 0.2) is 0 Å². The minimum atomic E-state index is -0.704. The van der Waals surface area contributed by atoms with E-state index in [1.54, 1.807) is 0 Å². The van der Waals surface area contributed by atoms with Crippen molar-refractivity contribution in [3.05, 3.63) is 0 Å². The highest BCUT2D eigenvalue weighted by molar-refractivity contribution is 8.12. The lowest BCUT2D eigenvalue weighted by atomic mass is 10.9. The molecule has 0 rings (SSSR count). The molecule has 0 atom stereocenters. The molecule has 0 unspecified atom stereocenters. The lowest BCUT2D eigenvalue weighted by Gasteiger charge is -1.91. The summed E-state index contributed by atoms with van der Waals surface area (Å²) in [5.74, 6) is 0. The van der Waals surface area contributed by atoms with Gasteiger partial charge in [-0.3, -0.25) is 9.52 Å². The van der Waals surface area contributed by atoms with Crippen LogP contribution >= 0.6 is 11.9 Å². The van der Waals surface area contributed by atoms with E-state index in [0.29, 0.717) is 11.9 Å². The molecule has 3 N–H and O–H groups in total. The number of hydrogen-bond donors (Lipinski definition) is 2. The maximum Gasteiger partial charge on any atom is 0.322 e. The average Bonchev–Trinajstić information content (AvgIpc) is 1.61. The normalized spacial score (nSPS) is 8.12. The molecule has 0 aliphatic rings. The number of carbonyl (C=O) groups excluding carboxylic acids is 2. The van der Waals surface area contributed by atoms with Crippen molar-refractivity contribution in [3.8, 4) is 0 Å². The van der Waals surface area contributed by atoms with Crippen LogP contribution in [-0.2, 0) is 4.79 Å². The first-order valence-electron chi connectivity index (χ1n) is 1.86. The number of primary amides is 1. The van der Waals surface area contributed by atoms with Crippen molar-refractivity contribution in [2.24, 2.45) is 5.73 Å². The van der Waals surface area contributed by atoms with Crippen LogP contribution in [0.2, 0.25) is 0 Å².